The number of ketones is 1. The van der Waals surface area contributed by atoms with Gasteiger partial charge in [-0.05, 0) is 47.2 Å². The average molecular weight is 476 g/mol. The van der Waals surface area contributed by atoms with Crippen LogP contribution in [0.4, 0.5) is 4.39 Å². The predicted molar refractivity (Wildman–Crippen MR) is 130 cm³/mol. The summed E-state index contributed by atoms with van der Waals surface area (Å²) in [6.07, 6.45) is 1.09. The summed E-state index contributed by atoms with van der Waals surface area (Å²) in [6, 6.07) is 15.9. The van der Waals surface area contributed by atoms with Gasteiger partial charge in [0.15, 0.2) is 5.78 Å². The molecule has 0 radical (unpaired) electrons. The summed E-state index contributed by atoms with van der Waals surface area (Å²) in [5.41, 5.74) is 9.72. The minimum atomic E-state index is -0.533. The van der Waals surface area contributed by atoms with E-state index in [0.29, 0.717) is 48.7 Å². The Bertz CT molecular complexity index is 1220. The molecule has 7 heteroatoms. The lowest BCUT2D eigenvalue weighted by Gasteiger charge is -2.43. The van der Waals surface area contributed by atoms with Gasteiger partial charge in [0.25, 0.3) is 0 Å². The summed E-state index contributed by atoms with van der Waals surface area (Å²) in [6.45, 7) is 5.27. The van der Waals surface area contributed by atoms with Crippen molar-refractivity contribution in [2.24, 2.45) is 11.1 Å². The molecule has 182 valence electrons. The standard InChI is InChI=1S/C28H30FN3O3/c1-28(2)14-23-26(24(33)15-28)25(22(16-30)27(31)32(23)11-12-34-3)19-7-9-21(10-8-19)35-17-18-5-4-6-20(29)13-18/h4-10,13,25H,11-12,14-15,17,31H2,1-3H3/t25-/m1/s1. The Kier molecular flexibility index (Phi) is 6.95. The van der Waals surface area contributed by atoms with Gasteiger partial charge in [-0.15, -0.1) is 0 Å². The molecule has 35 heavy (non-hydrogen) atoms. The molecule has 0 spiro atoms. The van der Waals surface area contributed by atoms with Crippen molar-refractivity contribution < 1.29 is 18.7 Å². The number of benzene rings is 2. The third-order valence-corrected chi connectivity index (χ3v) is 6.51. The van der Waals surface area contributed by atoms with Crippen LogP contribution in [0.3, 0.4) is 0 Å². The molecule has 2 aromatic rings. The number of Topliss-reactive ketones (excluding diaryl/α,β-unsaturated/α-hetero) is 1. The van der Waals surface area contributed by atoms with Gasteiger partial charge in [-0.25, -0.2) is 4.39 Å². The molecular formula is C28H30FN3O3. The number of rotatable bonds is 7. The number of nitrogens with two attached hydrogens (primary N) is 1. The Labute approximate surface area is 205 Å². The van der Waals surface area contributed by atoms with E-state index in [0.717, 1.165) is 16.8 Å². The molecule has 0 aromatic heterocycles. The summed E-state index contributed by atoms with van der Waals surface area (Å²) in [7, 11) is 1.61. The van der Waals surface area contributed by atoms with Gasteiger partial charge in [0.05, 0.1) is 24.2 Å². The van der Waals surface area contributed by atoms with Crippen LogP contribution in [-0.2, 0) is 16.1 Å². The summed E-state index contributed by atoms with van der Waals surface area (Å²) in [4.78, 5) is 15.3. The van der Waals surface area contributed by atoms with Gasteiger partial charge in [0.1, 0.15) is 24.0 Å². The maximum Gasteiger partial charge on any atom is 0.162 e. The first-order chi connectivity index (χ1) is 16.7. The molecule has 1 heterocycles. The van der Waals surface area contributed by atoms with Crippen LogP contribution in [0.2, 0.25) is 0 Å². The number of methoxy groups -OCH3 is 1. The molecule has 0 amide bonds. The van der Waals surface area contributed by atoms with Crippen molar-refractivity contribution in [3.05, 3.63) is 88.1 Å². The molecule has 4 rings (SSSR count). The van der Waals surface area contributed by atoms with E-state index in [1.54, 1.807) is 31.4 Å². The summed E-state index contributed by atoms with van der Waals surface area (Å²) in [5, 5.41) is 10.1. The monoisotopic (exact) mass is 475 g/mol. The van der Waals surface area contributed by atoms with Crippen LogP contribution in [0.15, 0.2) is 71.2 Å². The lowest BCUT2D eigenvalue weighted by molar-refractivity contribution is -0.118. The summed E-state index contributed by atoms with van der Waals surface area (Å²) in [5.74, 6) is 0.169. The smallest absolute Gasteiger partial charge is 0.162 e. The van der Waals surface area contributed by atoms with Gasteiger partial charge in [-0.2, -0.15) is 5.26 Å². The SMILES string of the molecule is COCCN1C(N)=C(C#N)[C@@H](c2ccc(OCc3cccc(F)c3)cc2)C2=C1CC(C)(C)CC2=O. The van der Waals surface area contributed by atoms with Crippen molar-refractivity contribution in [3.8, 4) is 11.8 Å². The second-order valence-electron chi connectivity index (χ2n) is 9.78. The van der Waals surface area contributed by atoms with Crippen molar-refractivity contribution >= 4 is 5.78 Å². The molecular weight excluding hydrogens is 445 g/mol. The van der Waals surface area contributed by atoms with Crippen LogP contribution in [-0.4, -0.2) is 30.9 Å². The molecule has 1 aliphatic heterocycles. The molecule has 6 nitrogen and oxygen atoms in total. The zero-order chi connectivity index (χ0) is 25.2. The Morgan fingerprint density at radius 2 is 1.94 bits per heavy atom. The first-order valence-corrected chi connectivity index (χ1v) is 11.6. The van der Waals surface area contributed by atoms with Crippen LogP contribution >= 0.6 is 0 Å². The van der Waals surface area contributed by atoms with E-state index in [4.69, 9.17) is 15.2 Å². The first kappa shape index (κ1) is 24.5. The van der Waals surface area contributed by atoms with E-state index in [2.05, 4.69) is 19.9 Å². The lowest BCUT2D eigenvalue weighted by Crippen LogP contribution is -2.43. The maximum absolute atomic E-state index is 13.4. The number of halogens is 1. The highest BCUT2D eigenvalue weighted by molar-refractivity contribution is 6.00. The van der Waals surface area contributed by atoms with Gasteiger partial charge in [-0.1, -0.05) is 38.1 Å². The number of nitriles is 1. The molecule has 0 saturated heterocycles. The van der Waals surface area contributed by atoms with Crippen LogP contribution in [0.1, 0.15) is 43.7 Å². The molecule has 0 unspecified atom stereocenters. The zero-order valence-electron chi connectivity index (χ0n) is 20.3. The average Bonchev–Trinajstić information content (AvgIpc) is 2.81. The molecule has 0 fully saturated rings. The van der Waals surface area contributed by atoms with Crippen molar-refractivity contribution in [2.75, 3.05) is 20.3 Å². The van der Waals surface area contributed by atoms with E-state index in [1.165, 1.54) is 12.1 Å². The molecule has 2 aliphatic rings. The summed E-state index contributed by atoms with van der Waals surface area (Å²) < 4.78 is 24.5. The third kappa shape index (κ3) is 5.08. The summed E-state index contributed by atoms with van der Waals surface area (Å²) >= 11 is 0. The van der Waals surface area contributed by atoms with E-state index in [9.17, 15) is 14.4 Å². The van der Waals surface area contributed by atoms with Gasteiger partial charge in [0, 0.05) is 31.3 Å². The van der Waals surface area contributed by atoms with Crippen LogP contribution in [0.25, 0.3) is 0 Å². The Hall–Kier alpha value is -3.63. The number of hydrogen-bond donors (Lipinski definition) is 1. The van der Waals surface area contributed by atoms with Crippen LogP contribution in [0.5, 0.6) is 5.75 Å². The van der Waals surface area contributed by atoms with Gasteiger partial charge in [0.2, 0.25) is 0 Å². The number of allylic oxidation sites excluding steroid dienone is 3. The topological polar surface area (TPSA) is 88.6 Å². The highest BCUT2D eigenvalue weighted by atomic mass is 19.1. The quantitative estimate of drug-likeness (QED) is 0.620. The molecule has 0 bridgehead atoms. The van der Waals surface area contributed by atoms with E-state index >= 15 is 0 Å². The number of hydrogen-bond acceptors (Lipinski definition) is 6. The van der Waals surface area contributed by atoms with Gasteiger partial charge in [-0.3, -0.25) is 4.79 Å². The fourth-order valence-corrected chi connectivity index (χ4v) is 4.90. The van der Waals surface area contributed by atoms with Crippen LogP contribution in [0, 0.1) is 22.6 Å². The van der Waals surface area contributed by atoms with Gasteiger partial charge >= 0.3 is 0 Å². The molecule has 1 aliphatic carbocycles. The Morgan fingerprint density at radius 3 is 2.60 bits per heavy atom. The number of nitrogens with zero attached hydrogens (tertiary/aromatic N) is 2. The Balaban J connectivity index is 1.67. The fraction of sp³-hybridized carbons (Fsp3) is 0.357. The second-order valence-corrected chi connectivity index (χ2v) is 9.78. The molecule has 2 aromatic carbocycles. The largest absolute Gasteiger partial charge is 0.489 e. The van der Waals surface area contributed by atoms with Crippen molar-refractivity contribution in [1.29, 1.82) is 5.26 Å². The molecule has 1 atom stereocenters. The second kappa shape index (κ2) is 9.93. The predicted octanol–water partition coefficient (Wildman–Crippen LogP) is 4.79. The lowest BCUT2D eigenvalue weighted by atomic mass is 9.68. The molecule has 0 saturated carbocycles. The van der Waals surface area contributed by atoms with E-state index in [-0.39, 0.29) is 23.6 Å². The minimum Gasteiger partial charge on any atom is -0.489 e. The minimum absolute atomic E-state index is 0.0374. The number of carbonyl (C=O) groups is 1. The maximum atomic E-state index is 13.4. The van der Waals surface area contributed by atoms with E-state index < -0.39 is 5.92 Å². The highest BCUT2D eigenvalue weighted by Gasteiger charge is 2.44. The van der Waals surface area contributed by atoms with Crippen molar-refractivity contribution in [1.82, 2.24) is 4.90 Å². The normalized spacial score (nSPS) is 19.5. The first-order valence-electron chi connectivity index (χ1n) is 11.6. The van der Waals surface area contributed by atoms with Crippen molar-refractivity contribution in [3.63, 3.8) is 0 Å². The zero-order valence-corrected chi connectivity index (χ0v) is 20.3. The highest BCUT2D eigenvalue weighted by Crippen LogP contribution is 2.49. The van der Waals surface area contributed by atoms with Crippen molar-refractivity contribution in [2.45, 2.75) is 39.2 Å². The third-order valence-electron chi connectivity index (χ3n) is 6.51. The fourth-order valence-electron chi connectivity index (χ4n) is 4.90. The Morgan fingerprint density at radius 1 is 1.20 bits per heavy atom. The van der Waals surface area contributed by atoms with E-state index in [1.807, 2.05) is 17.0 Å². The molecule has 2 N–H and O–H groups in total. The number of carbonyl (C=O) groups excluding carboxylic acids is 1. The van der Waals surface area contributed by atoms with Crippen LogP contribution < -0.4 is 10.5 Å². The number of ether oxygens (including phenoxy) is 2. The van der Waals surface area contributed by atoms with Gasteiger partial charge < -0.3 is 20.1 Å².